The van der Waals surface area contributed by atoms with Crippen LogP contribution >= 0.6 is 11.6 Å². The summed E-state index contributed by atoms with van der Waals surface area (Å²) in [7, 11) is 0. The maximum atomic E-state index is 13.0. The molecule has 0 aliphatic heterocycles. The zero-order valence-corrected chi connectivity index (χ0v) is 9.98. The summed E-state index contributed by atoms with van der Waals surface area (Å²) in [6.45, 7) is 5.81. The monoisotopic (exact) mass is 230 g/mol. The van der Waals surface area contributed by atoms with Crippen LogP contribution in [0.2, 0.25) is 5.02 Å². The molecule has 0 amide bonds. The molecule has 0 heterocycles. The average molecular weight is 231 g/mol. The van der Waals surface area contributed by atoms with E-state index < -0.39 is 6.10 Å². The zero-order valence-electron chi connectivity index (χ0n) is 9.22. The third-order valence-corrected chi connectivity index (χ3v) is 2.79. The van der Waals surface area contributed by atoms with Crippen LogP contribution in [0.5, 0.6) is 0 Å². The molecule has 84 valence electrons. The molecule has 0 spiro atoms. The molecule has 0 saturated heterocycles. The van der Waals surface area contributed by atoms with Crippen molar-refractivity contribution in [2.24, 2.45) is 5.41 Å². The molecule has 0 aliphatic carbocycles. The van der Waals surface area contributed by atoms with Crippen LogP contribution in [0.15, 0.2) is 18.2 Å². The van der Waals surface area contributed by atoms with Crippen molar-refractivity contribution in [2.75, 3.05) is 0 Å². The van der Waals surface area contributed by atoms with Crippen molar-refractivity contribution in [3.8, 4) is 0 Å². The summed E-state index contributed by atoms with van der Waals surface area (Å²) >= 11 is 5.91. The van der Waals surface area contributed by atoms with E-state index in [9.17, 15) is 9.50 Å². The molecule has 3 heteroatoms. The van der Waals surface area contributed by atoms with Crippen LogP contribution in [0.4, 0.5) is 4.39 Å². The van der Waals surface area contributed by atoms with Gasteiger partial charge in [0, 0.05) is 11.4 Å². The summed E-state index contributed by atoms with van der Waals surface area (Å²) in [5, 5.41) is 10.4. The lowest BCUT2D eigenvalue weighted by atomic mass is 9.85. The van der Waals surface area contributed by atoms with Crippen molar-refractivity contribution in [3.05, 3.63) is 34.6 Å². The van der Waals surface area contributed by atoms with E-state index in [4.69, 9.17) is 11.6 Å². The Bertz CT molecular complexity index is 344. The Hall–Kier alpha value is -0.600. The maximum Gasteiger partial charge on any atom is 0.123 e. The van der Waals surface area contributed by atoms with Crippen molar-refractivity contribution < 1.29 is 9.50 Å². The van der Waals surface area contributed by atoms with Gasteiger partial charge in [-0.2, -0.15) is 0 Å². The van der Waals surface area contributed by atoms with E-state index in [1.807, 2.05) is 20.8 Å². The fourth-order valence-corrected chi connectivity index (χ4v) is 1.41. The molecule has 0 bridgehead atoms. The summed E-state index contributed by atoms with van der Waals surface area (Å²) in [5.74, 6) is -0.324. The van der Waals surface area contributed by atoms with E-state index in [1.165, 1.54) is 18.2 Å². The topological polar surface area (TPSA) is 20.2 Å². The van der Waals surface area contributed by atoms with Gasteiger partial charge in [0.15, 0.2) is 0 Å². The Labute approximate surface area is 94.9 Å². The second kappa shape index (κ2) is 4.50. The van der Waals surface area contributed by atoms with Gasteiger partial charge in [0.1, 0.15) is 5.82 Å². The Morgan fingerprint density at radius 2 is 2.00 bits per heavy atom. The van der Waals surface area contributed by atoms with Crippen molar-refractivity contribution in [3.63, 3.8) is 0 Å². The first-order valence-electron chi connectivity index (χ1n) is 4.92. The number of hydrogen-bond acceptors (Lipinski definition) is 1. The van der Waals surface area contributed by atoms with Gasteiger partial charge >= 0.3 is 0 Å². The number of rotatable bonds is 2. The van der Waals surface area contributed by atoms with Gasteiger partial charge in [-0.3, -0.25) is 0 Å². The molecular formula is C12H16ClFO. The lowest BCUT2D eigenvalue weighted by molar-refractivity contribution is 0.0636. The Morgan fingerprint density at radius 1 is 1.40 bits per heavy atom. The van der Waals surface area contributed by atoms with E-state index >= 15 is 0 Å². The smallest absolute Gasteiger partial charge is 0.123 e. The van der Waals surface area contributed by atoms with Crippen molar-refractivity contribution in [2.45, 2.75) is 33.3 Å². The van der Waals surface area contributed by atoms with Crippen LogP contribution in [0.1, 0.15) is 26.3 Å². The molecule has 1 atom stereocenters. The molecule has 0 aromatic heterocycles. The standard InChI is InChI=1S/C12H16ClFO/c1-12(2,3)11(15)7-8-6-9(14)4-5-10(8)13/h4-6,11,15H,7H2,1-3H3. The average Bonchev–Trinajstić information content (AvgIpc) is 2.09. The SMILES string of the molecule is CC(C)(C)C(O)Cc1cc(F)ccc1Cl. The van der Waals surface area contributed by atoms with Crippen LogP contribution in [-0.2, 0) is 6.42 Å². The van der Waals surface area contributed by atoms with Gasteiger partial charge in [0.25, 0.3) is 0 Å². The van der Waals surface area contributed by atoms with Crippen LogP contribution in [0.3, 0.4) is 0 Å². The van der Waals surface area contributed by atoms with Gasteiger partial charge in [-0.1, -0.05) is 32.4 Å². The molecule has 1 N–H and O–H groups in total. The highest BCUT2D eigenvalue weighted by atomic mass is 35.5. The third-order valence-electron chi connectivity index (χ3n) is 2.42. The van der Waals surface area contributed by atoms with Gasteiger partial charge in [0.2, 0.25) is 0 Å². The molecule has 0 aliphatic rings. The third kappa shape index (κ3) is 3.47. The van der Waals surface area contributed by atoms with Crippen LogP contribution in [-0.4, -0.2) is 11.2 Å². The van der Waals surface area contributed by atoms with E-state index in [1.54, 1.807) is 0 Å². The normalized spacial score (nSPS) is 14.0. The highest BCUT2D eigenvalue weighted by Gasteiger charge is 2.23. The van der Waals surface area contributed by atoms with E-state index in [0.29, 0.717) is 17.0 Å². The molecular weight excluding hydrogens is 215 g/mol. The Kier molecular flexibility index (Phi) is 3.74. The Morgan fingerprint density at radius 3 is 2.53 bits per heavy atom. The number of aliphatic hydroxyl groups is 1. The molecule has 1 aromatic rings. The minimum absolute atomic E-state index is 0.227. The quantitative estimate of drug-likeness (QED) is 0.826. The second-order valence-electron chi connectivity index (χ2n) is 4.82. The minimum atomic E-state index is -0.531. The molecule has 1 unspecified atom stereocenters. The van der Waals surface area contributed by atoms with E-state index in [-0.39, 0.29) is 11.2 Å². The van der Waals surface area contributed by atoms with Crippen molar-refractivity contribution in [1.82, 2.24) is 0 Å². The molecule has 1 aromatic carbocycles. The summed E-state index contributed by atoms with van der Waals surface area (Å²) in [6, 6.07) is 4.20. The van der Waals surface area contributed by atoms with E-state index in [2.05, 4.69) is 0 Å². The highest BCUT2D eigenvalue weighted by molar-refractivity contribution is 6.31. The summed E-state index contributed by atoms with van der Waals surface area (Å²) in [4.78, 5) is 0. The van der Waals surface area contributed by atoms with Gasteiger partial charge < -0.3 is 5.11 Å². The fourth-order valence-electron chi connectivity index (χ4n) is 1.21. The predicted octanol–water partition coefficient (Wildman–Crippen LogP) is 3.43. The summed E-state index contributed by atoms with van der Waals surface area (Å²) < 4.78 is 13.0. The van der Waals surface area contributed by atoms with Gasteiger partial charge in [-0.25, -0.2) is 4.39 Å². The van der Waals surface area contributed by atoms with Gasteiger partial charge in [0.05, 0.1) is 6.10 Å². The predicted molar refractivity (Wildman–Crippen MR) is 60.6 cm³/mol. The highest BCUT2D eigenvalue weighted by Crippen LogP contribution is 2.26. The molecule has 1 nitrogen and oxygen atoms in total. The second-order valence-corrected chi connectivity index (χ2v) is 5.23. The lowest BCUT2D eigenvalue weighted by Gasteiger charge is -2.26. The molecule has 0 saturated carbocycles. The Balaban J connectivity index is 2.85. The van der Waals surface area contributed by atoms with Gasteiger partial charge in [-0.15, -0.1) is 0 Å². The number of benzene rings is 1. The molecule has 0 fully saturated rings. The number of aliphatic hydroxyl groups excluding tert-OH is 1. The molecule has 0 radical (unpaired) electrons. The number of halogens is 2. The first-order valence-corrected chi connectivity index (χ1v) is 5.30. The first-order chi connectivity index (χ1) is 6.80. The van der Waals surface area contributed by atoms with Crippen molar-refractivity contribution >= 4 is 11.6 Å². The van der Waals surface area contributed by atoms with Crippen LogP contribution in [0.25, 0.3) is 0 Å². The zero-order chi connectivity index (χ0) is 11.6. The molecule has 15 heavy (non-hydrogen) atoms. The lowest BCUT2D eigenvalue weighted by Crippen LogP contribution is -2.28. The van der Waals surface area contributed by atoms with Crippen molar-refractivity contribution in [1.29, 1.82) is 0 Å². The number of hydrogen-bond donors (Lipinski definition) is 1. The molecule has 1 rings (SSSR count). The van der Waals surface area contributed by atoms with Crippen LogP contribution in [0, 0.1) is 11.2 Å². The van der Waals surface area contributed by atoms with Crippen LogP contribution < -0.4 is 0 Å². The summed E-state index contributed by atoms with van der Waals surface area (Å²) in [5.41, 5.74) is 0.425. The fraction of sp³-hybridized carbons (Fsp3) is 0.500. The first kappa shape index (κ1) is 12.5. The van der Waals surface area contributed by atoms with E-state index in [0.717, 1.165) is 0 Å². The minimum Gasteiger partial charge on any atom is -0.392 e. The largest absolute Gasteiger partial charge is 0.392 e. The summed E-state index contributed by atoms with van der Waals surface area (Å²) in [6.07, 6.45) is -0.156. The maximum absolute atomic E-state index is 13.0. The van der Waals surface area contributed by atoms with Gasteiger partial charge in [-0.05, 0) is 29.2 Å².